The lowest BCUT2D eigenvalue weighted by atomic mass is 10.2. The number of anilines is 1. The minimum Gasteiger partial charge on any atom is -0.507 e. The monoisotopic (exact) mass is 246 g/mol. The maximum absolute atomic E-state index is 10.9. The quantitative estimate of drug-likeness (QED) is 0.799. The molecule has 1 aromatic carbocycles. The van der Waals surface area contributed by atoms with Gasteiger partial charge in [-0.05, 0) is 22.4 Å². The van der Waals surface area contributed by atoms with E-state index in [-0.39, 0.29) is 23.3 Å². The van der Waals surface area contributed by atoms with Crippen molar-refractivity contribution in [1.29, 1.82) is 0 Å². The lowest BCUT2D eigenvalue weighted by Gasteiger charge is -1.96. The third-order valence-corrected chi connectivity index (χ3v) is 2.03. The highest BCUT2D eigenvalue weighted by Crippen LogP contribution is 2.20. The molecule has 2 rings (SSSR count). The van der Waals surface area contributed by atoms with Crippen molar-refractivity contribution in [3.63, 3.8) is 0 Å². The maximum atomic E-state index is 10.9. The molecule has 18 heavy (non-hydrogen) atoms. The van der Waals surface area contributed by atoms with Crippen LogP contribution in [-0.2, 0) is 4.79 Å². The van der Waals surface area contributed by atoms with E-state index in [9.17, 15) is 9.90 Å². The minimum absolute atomic E-state index is 0.0961. The molecule has 0 aliphatic heterocycles. The number of aromatic hydroxyl groups is 1. The predicted octanol–water partition coefficient (Wildman–Crippen LogP) is 1.48. The third kappa shape index (κ3) is 2.70. The molecule has 0 fully saturated rings. The summed E-state index contributed by atoms with van der Waals surface area (Å²) in [6, 6.07) is 6.69. The Bertz CT molecular complexity index is 591. The minimum atomic E-state index is -0.301. The van der Waals surface area contributed by atoms with Crippen molar-refractivity contribution >= 4 is 23.8 Å². The Morgan fingerprint density at radius 2 is 2.22 bits per heavy atom. The molecule has 0 bridgehead atoms. The second-order valence-corrected chi connectivity index (χ2v) is 3.43. The fraction of sp³-hybridized carbons (Fsp3) is 0.0909. The van der Waals surface area contributed by atoms with Gasteiger partial charge in [-0.2, -0.15) is 0 Å². The molecule has 7 heteroatoms. The van der Waals surface area contributed by atoms with Crippen LogP contribution in [0, 0.1) is 0 Å². The first-order chi connectivity index (χ1) is 8.66. The number of para-hydroxylation sites is 1. The smallest absolute Gasteiger partial charge is 0.241 e. The largest absolute Gasteiger partial charge is 0.507 e. The van der Waals surface area contributed by atoms with Crippen LogP contribution in [0.15, 0.2) is 33.9 Å². The first-order valence-electron chi connectivity index (χ1n) is 5.09. The molecule has 0 saturated heterocycles. The van der Waals surface area contributed by atoms with Gasteiger partial charge >= 0.3 is 0 Å². The molecule has 0 unspecified atom stereocenters. The van der Waals surface area contributed by atoms with E-state index < -0.39 is 0 Å². The highest BCUT2D eigenvalue weighted by Gasteiger charge is 2.09. The Kier molecular flexibility index (Phi) is 3.33. The standard InChI is InChI=1S/C11H10N4O3/c1-7(16)13-11-10(14-18-15-11)12-6-8-4-2-3-5-9(8)17/h2-6,17H,1H3,(H,13,15,16). The molecule has 0 radical (unpaired) electrons. The lowest BCUT2D eigenvalue weighted by molar-refractivity contribution is -0.114. The van der Waals surface area contributed by atoms with E-state index in [4.69, 9.17) is 0 Å². The average Bonchev–Trinajstić information content (AvgIpc) is 2.75. The fourth-order valence-corrected chi connectivity index (χ4v) is 1.24. The fourth-order valence-electron chi connectivity index (χ4n) is 1.24. The number of carbonyl (C=O) groups excluding carboxylic acids is 1. The summed E-state index contributed by atoms with van der Waals surface area (Å²) in [4.78, 5) is 14.9. The summed E-state index contributed by atoms with van der Waals surface area (Å²) in [7, 11) is 0. The first-order valence-corrected chi connectivity index (χ1v) is 5.09. The molecule has 1 amide bonds. The van der Waals surface area contributed by atoms with Gasteiger partial charge in [-0.15, -0.1) is 0 Å². The van der Waals surface area contributed by atoms with Crippen LogP contribution in [0.2, 0.25) is 0 Å². The molecular weight excluding hydrogens is 236 g/mol. The zero-order chi connectivity index (χ0) is 13.0. The number of benzene rings is 1. The summed E-state index contributed by atoms with van der Waals surface area (Å²) in [6.07, 6.45) is 1.40. The molecule has 92 valence electrons. The average molecular weight is 246 g/mol. The van der Waals surface area contributed by atoms with Gasteiger partial charge in [-0.1, -0.05) is 12.1 Å². The third-order valence-electron chi connectivity index (χ3n) is 2.03. The van der Waals surface area contributed by atoms with Gasteiger partial charge in [0, 0.05) is 18.7 Å². The van der Waals surface area contributed by atoms with Crippen LogP contribution in [0.5, 0.6) is 5.75 Å². The van der Waals surface area contributed by atoms with Gasteiger partial charge in [0.25, 0.3) is 0 Å². The van der Waals surface area contributed by atoms with E-state index in [0.29, 0.717) is 5.56 Å². The van der Waals surface area contributed by atoms with E-state index in [1.807, 2.05) is 0 Å². The summed E-state index contributed by atoms with van der Waals surface area (Å²) in [6.45, 7) is 1.34. The van der Waals surface area contributed by atoms with Gasteiger partial charge in [0.2, 0.25) is 17.5 Å². The Labute approximate surface area is 102 Å². The number of phenols is 1. The second kappa shape index (κ2) is 5.09. The number of amides is 1. The highest BCUT2D eigenvalue weighted by atomic mass is 16.6. The summed E-state index contributed by atoms with van der Waals surface area (Å²) >= 11 is 0. The van der Waals surface area contributed by atoms with Crippen molar-refractivity contribution < 1.29 is 14.5 Å². The summed E-state index contributed by atoms with van der Waals surface area (Å²) in [5, 5.41) is 19.0. The molecule has 7 nitrogen and oxygen atoms in total. The van der Waals surface area contributed by atoms with E-state index in [0.717, 1.165) is 0 Å². The van der Waals surface area contributed by atoms with E-state index >= 15 is 0 Å². The van der Waals surface area contributed by atoms with Crippen LogP contribution in [0.3, 0.4) is 0 Å². The van der Waals surface area contributed by atoms with E-state index in [1.54, 1.807) is 18.2 Å². The number of phenolic OH excluding ortho intramolecular Hbond substituents is 1. The number of aliphatic imine (C=N–C) groups is 1. The van der Waals surface area contributed by atoms with E-state index in [2.05, 4.69) is 25.3 Å². The number of hydrogen-bond acceptors (Lipinski definition) is 6. The predicted molar refractivity (Wildman–Crippen MR) is 64.0 cm³/mol. The SMILES string of the molecule is CC(=O)Nc1nonc1N=Cc1ccccc1O. The Morgan fingerprint density at radius 1 is 1.44 bits per heavy atom. The van der Waals surface area contributed by atoms with E-state index in [1.165, 1.54) is 19.2 Å². The second-order valence-electron chi connectivity index (χ2n) is 3.43. The Morgan fingerprint density at radius 3 is 2.94 bits per heavy atom. The molecule has 0 spiro atoms. The molecule has 0 atom stereocenters. The van der Waals surface area contributed by atoms with Gasteiger partial charge in [0.1, 0.15) is 5.75 Å². The van der Waals surface area contributed by atoms with Crippen LogP contribution >= 0.6 is 0 Å². The van der Waals surface area contributed by atoms with Crippen LogP contribution in [-0.4, -0.2) is 27.5 Å². The number of rotatable bonds is 3. The number of carbonyl (C=O) groups is 1. The van der Waals surface area contributed by atoms with Crippen molar-refractivity contribution in [1.82, 2.24) is 10.3 Å². The molecule has 2 N–H and O–H groups in total. The normalized spacial score (nSPS) is 10.7. The van der Waals surface area contributed by atoms with Gasteiger partial charge < -0.3 is 10.4 Å². The zero-order valence-corrected chi connectivity index (χ0v) is 9.49. The first kappa shape index (κ1) is 11.8. The molecule has 0 aliphatic carbocycles. The molecule has 1 aromatic heterocycles. The summed E-state index contributed by atoms with van der Waals surface area (Å²) in [5.74, 6) is 0.0612. The van der Waals surface area contributed by atoms with Gasteiger partial charge in [0.05, 0.1) is 0 Å². The van der Waals surface area contributed by atoms with Crippen LogP contribution in [0.25, 0.3) is 0 Å². The molecular formula is C11H10N4O3. The van der Waals surface area contributed by atoms with Gasteiger partial charge in [-0.3, -0.25) is 4.79 Å². The zero-order valence-electron chi connectivity index (χ0n) is 9.49. The van der Waals surface area contributed by atoms with Crippen molar-refractivity contribution in [2.75, 3.05) is 5.32 Å². The van der Waals surface area contributed by atoms with Gasteiger partial charge in [0.15, 0.2) is 0 Å². The Balaban J connectivity index is 2.22. The lowest BCUT2D eigenvalue weighted by Crippen LogP contribution is -2.05. The molecule has 0 aliphatic rings. The number of nitrogens with one attached hydrogen (secondary N) is 1. The number of nitrogens with zero attached hydrogens (tertiary/aromatic N) is 3. The number of aromatic nitrogens is 2. The molecule has 0 saturated carbocycles. The van der Waals surface area contributed by atoms with Gasteiger partial charge in [-0.25, -0.2) is 9.62 Å². The topological polar surface area (TPSA) is 101 Å². The summed E-state index contributed by atoms with van der Waals surface area (Å²) in [5.41, 5.74) is 0.522. The van der Waals surface area contributed by atoms with Crippen molar-refractivity contribution in [2.45, 2.75) is 6.92 Å². The maximum Gasteiger partial charge on any atom is 0.241 e. The van der Waals surface area contributed by atoms with Crippen LogP contribution in [0.1, 0.15) is 12.5 Å². The van der Waals surface area contributed by atoms with Crippen LogP contribution < -0.4 is 5.32 Å². The highest BCUT2D eigenvalue weighted by molar-refractivity contribution is 5.91. The number of hydrogen-bond donors (Lipinski definition) is 2. The van der Waals surface area contributed by atoms with Crippen molar-refractivity contribution in [2.24, 2.45) is 4.99 Å². The van der Waals surface area contributed by atoms with Crippen molar-refractivity contribution in [3.05, 3.63) is 29.8 Å². The molecule has 2 aromatic rings. The Hall–Kier alpha value is -2.70. The van der Waals surface area contributed by atoms with Crippen LogP contribution in [0.4, 0.5) is 11.6 Å². The summed E-state index contributed by atoms with van der Waals surface area (Å²) < 4.78 is 4.47. The van der Waals surface area contributed by atoms with Crippen molar-refractivity contribution in [3.8, 4) is 5.75 Å². The molecule has 1 heterocycles.